The summed E-state index contributed by atoms with van der Waals surface area (Å²) >= 11 is 0. The van der Waals surface area contributed by atoms with Crippen molar-refractivity contribution in [1.29, 1.82) is 0 Å². The lowest BCUT2D eigenvalue weighted by Gasteiger charge is -2.50. The maximum Gasteiger partial charge on any atom is 0.125 e. The van der Waals surface area contributed by atoms with Crippen LogP contribution in [0.1, 0.15) is 84.8 Å². The third-order valence-corrected chi connectivity index (χ3v) is 6.21. The van der Waals surface area contributed by atoms with E-state index < -0.39 is 0 Å². The molecule has 0 bridgehead atoms. The molecule has 0 spiro atoms. The van der Waals surface area contributed by atoms with Crippen molar-refractivity contribution in [3.63, 3.8) is 0 Å². The van der Waals surface area contributed by atoms with Gasteiger partial charge in [-0.3, -0.25) is 0 Å². The van der Waals surface area contributed by atoms with Crippen LogP contribution in [0.2, 0.25) is 0 Å². The molecule has 27 heavy (non-hydrogen) atoms. The SMILES string of the molecule is CC(C)=CCCC(C)=CCC[C@]1(C)Oc2ccccc2[C@@H]2O[C@H](C)CC[C@@H]21. The van der Waals surface area contributed by atoms with E-state index in [1.165, 1.54) is 23.1 Å². The minimum atomic E-state index is -0.157. The van der Waals surface area contributed by atoms with Crippen molar-refractivity contribution in [2.45, 2.75) is 91.0 Å². The van der Waals surface area contributed by atoms with E-state index in [2.05, 4.69) is 71.0 Å². The van der Waals surface area contributed by atoms with Gasteiger partial charge in [0.15, 0.2) is 0 Å². The van der Waals surface area contributed by atoms with Crippen LogP contribution in [-0.4, -0.2) is 11.7 Å². The number of fused-ring (bicyclic) bond motifs is 3. The summed E-state index contributed by atoms with van der Waals surface area (Å²) in [4.78, 5) is 0. The Morgan fingerprint density at radius 2 is 1.89 bits per heavy atom. The van der Waals surface area contributed by atoms with Gasteiger partial charge in [-0.2, -0.15) is 0 Å². The van der Waals surface area contributed by atoms with E-state index in [-0.39, 0.29) is 11.7 Å². The van der Waals surface area contributed by atoms with Gasteiger partial charge < -0.3 is 9.47 Å². The van der Waals surface area contributed by atoms with Gasteiger partial charge in [-0.1, -0.05) is 41.5 Å². The Morgan fingerprint density at radius 1 is 1.11 bits per heavy atom. The first kappa shape index (κ1) is 20.2. The molecular formula is C25H36O2. The largest absolute Gasteiger partial charge is 0.487 e. The molecule has 4 atom stereocenters. The highest BCUT2D eigenvalue weighted by Crippen LogP contribution is 2.51. The first-order chi connectivity index (χ1) is 12.9. The fourth-order valence-corrected chi connectivity index (χ4v) is 4.56. The van der Waals surface area contributed by atoms with Gasteiger partial charge in [0.2, 0.25) is 0 Å². The Labute approximate surface area is 165 Å². The number of hydrogen-bond acceptors (Lipinski definition) is 2. The molecule has 1 aromatic rings. The lowest BCUT2D eigenvalue weighted by Crippen LogP contribution is -2.50. The Hall–Kier alpha value is -1.54. The molecule has 1 aromatic carbocycles. The highest BCUT2D eigenvalue weighted by atomic mass is 16.5. The summed E-state index contributed by atoms with van der Waals surface area (Å²) in [5.41, 5.74) is 3.97. The van der Waals surface area contributed by atoms with E-state index >= 15 is 0 Å². The Balaban J connectivity index is 1.70. The molecule has 1 saturated heterocycles. The molecular weight excluding hydrogens is 332 g/mol. The summed E-state index contributed by atoms with van der Waals surface area (Å²) in [6, 6.07) is 8.45. The molecule has 2 aliphatic heterocycles. The van der Waals surface area contributed by atoms with Crippen LogP contribution < -0.4 is 4.74 Å². The van der Waals surface area contributed by atoms with E-state index in [4.69, 9.17) is 9.47 Å². The Bertz CT molecular complexity index is 698. The number of benzene rings is 1. The van der Waals surface area contributed by atoms with E-state index in [9.17, 15) is 0 Å². The summed E-state index contributed by atoms with van der Waals surface area (Å²) in [6.45, 7) is 11.1. The molecule has 2 heterocycles. The van der Waals surface area contributed by atoms with Gasteiger partial charge in [0.05, 0.1) is 12.2 Å². The van der Waals surface area contributed by atoms with Crippen molar-refractivity contribution in [3.8, 4) is 5.75 Å². The van der Waals surface area contributed by atoms with Gasteiger partial charge in [-0.25, -0.2) is 0 Å². The van der Waals surface area contributed by atoms with Crippen molar-refractivity contribution in [2.75, 3.05) is 0 Å². The van der Waals surface area contributed by atoms with Gasteiger partial charge in [0.25, 0.3) is 0 Å². The molecule has 1 fully saturated rings. The van der Waals surface area contributed by atoms with Gasteiger partial charge in [-0.05, 0) is 79.2 Å². The monoisotopic (exact) mass is 368 g/mol. The second-order valence-corrected chi connectivity index (χ2v) is 8.91. The number of hydrogen-bond donors (Lipinski definition) is 0. The predicted octanol–water partition coefficient (Wildman–Crippen LogP) is 7.17. The fraction of sp³-hybridized carbons (Fsp3) is 0.600. The van der Waals surface area contributed by atoms with Crippen molar-refractivity contribution >= 4 is 0 Å². The third kappa shape index (κ3) is 4.85. The van der Waals surface area contributed by atoms with Crippen molar-refractivity contribution in [2.24, 2.45) is 5.92 Å². The average molecular weight is 369 g/mol. The molecule has 148 valence electrons. The molecule has 0 radical (unpaired) electrons. The number of rotatable bonds is 6. The zero-order chi connectivity index (χ0) is 19.4. The summed E-state index contributed by atoms with van der Waals surface area (Å²) in [5.74, 6) is 1.45. The molecule has 2 nitrogen and oxygen atoms in total. The molecule has 2 aliphatic rings. The quantitative estimate of drug-likeness (QED) is 0.496. The van der Waals surface area contributed by atoms with E-state index in [1.807, 2.05) is 0 Å². The minimum absolute atomic E-state index is 0.157. The maximum atomic E-state index is 6.60. The molecule has 0 N–H and O–H groups in total. The molecule has 2 heteroatoms. The smallest absolute Gasteiger partial charge is 0.125 e. The van der Waals surface area contributed by atoms with Crippen molar-refractivity contribution in [3.05, 3.63) is 53.1 Å². The zero-order valence-electron chi connectivity index (χ0n) is 17.8. The maximum absolute atomic E-state index is 6.60. The van der Waals surface area contributed by atoms with Crippen LogP contribution in [0.25, 0.3) is 0 Å². The van der Waals surface area contributed by atoms with Gasteiger partial charge >= 0.3 is 0 Å². The van der Waals surface area contributed by atoms with Crippen molar-refractivity contribution < 1.29 is 9.47 Å². The van der Waals surface area contributed by atoms with E-state index in [0.717, 1.165) is 37.9 Å². The standard InChI is InChI=1S/C25H36O2/c1-18(2)10-8-11-19(3)12-9-17-25(5)22-16-15-20(4)26-24(22)21-13-6-7-14-23(21)27-25/h6-7,10,12-14,20,22,24H,8-9,11,15-17H2,1-5H3/t20-,22+,24+,25+/m1/s1. The third-order valence-electron chi connectivity index (χ3n) is 6.21. The predicted molar refractivity (Wildman–Crippen MR) is 113 cm³/mol. The molecule has 0 unspecified atom stereocenters. The number of ether oxygens (including phenoxy) is 2. The van der Waals surface area contributed by atoms with Crippen LogP contribution in [0.15, 0.2) is 47.6 Å². The summed E-state index contributed by atoms with van der Waals surface area (Å²) in [6.07, 6.45) is 11.9. The summed E-state index contributed by atoms with van der Waals surface area (Å²) in [5, 5.41) is 0. The highest BCUT2D eigenvalue weighted by Gasteiger charge is 2.48. The van der Waals surface area contributed by atoms with Crippen LogP contribution in [0.3, 0.4) is 0 Å². The van der Waals surface area contributed by atoms with Crippen LogP contribution in [0.4, 0.5) is 0 Å². The Morgan fingerprint density at radius 3 is 2.67 bits per heavy atom. The second-order valence-electron chi connectivity index (χ2n) is 8.91. The molecule has 0 amide bonds. The highest BCUT2D eigenvalue weighted by molar-refractivity contribution is 5.39. The topological polar surface area (TPSA) is 18.5 Å². The fourth-order valence-electron chi connectivity index (χ4n) is 4.56. The normalized spacial score (nSPS) is 30.1. The molecule has 0 aromatic heterocycles. The average Bonchev–Trinajstić information content (AvgIpc) is 2.61. The van der Waals surface area contributed by atoms with Gasteiger partial charge in [0.1, 0.15) is 11.4 Å². The molecule has 0 saturated carbocycles. The Kier molecular flexibility index (Phi) is 6.47. The minimum Gasteiger partial charge on any atom is -0.487 e. The number of para-hydroxylation sites is 1. The van der Waals surface area contributed by atoms with Crippen LogP contribution >= 0.6 is 0 Å². The van der Waals surface area contributed by atoms with E-state index in [0.29, 0.717) is 12.0 Å². The van der Waals surface area contributed by atoms with Crippen LogP contribution in [0, 0.1) is 5.92 Å². The van der Waals surface area contributed by atoms with Crippen LogP contribution in [-0.2, 0) is 4.74 Å². The lowest BCUT2D eigenvalue weighted by molar-refractivity contribution is -0.152. The van der Waals surface area contributed by atoms with Crippen LogP contribution in [0.5, 0.6) is 5.75 Å². The summed E-state index contributed by atoms with van der Waals surface area (Å²) < 4.78 is 13.0. The first-order valence-electron chi connectivity index (χ1n) is 10.6. The lowest BCUT2D eigenvalue weighted by atomic mass is 9.72. The second kappa shape index (κ2) is 8.65. The first-order valence-corrected chi connectivity index (χ1v) is 10.6. The zero-order valence-corrected chi connectivity index (χ0v) is 17.8. The van der Waals surface area contributed by atoms with Gasteiger partial charge in [0, 0.05) is 11.5 Å². The van der Waals surface area contributed by atoms with E-state index in [1.54, 1.807) is 0 Å². The van der Waals surface area contributed by atoms with Gasteiger partial charge in [-0.15, -0.1) is 0 Å². The molecule has 3 rings (SSSR count). The summed E-state index contributed by atoms with van der Waals surface area (Å²) in [7, 11) is 0. The van der Waals surface area contributed by atoms with Crippen molar-refractivity contribution in [1.82, 2.24) is 0 Å². The molecule has 0 aliphatic carbocycles. The number of allylic oxidation sites excluding steroid dienone is 4.